The maximum atomic E-state index is 12.0. The Morgan fingerprint density at radius 2 is 1.91 bits per heavy atom. The van der Waals surface area contributed by atoms with Crippen molar-refractivity contribution in [2.75, 3.05) is 6.61 Å². The Bertz CT molecular complexity index is 793. The highest BCUT2D eigenvalue weighted by atomic mass is 16.5. The van der Waals surface area contributed by atoms with Crippen LogP contribution in [-0.4, -0.2) is 17.1 Å². The van der Waals surface area contributed by atoms with Gasteiger partial charge in [0.05, 0.1) is 6.61 Å². The molecule has 0 aliphatic rings. The quantitative estimate of drug-likeness (QED) is 0.651. The predicted octanol–water partition coefficient (Wildman–Crippen LogP) is 3.78. The van der Waals surface area contributed by atoms with Crippen LogP contribution in [0, 0.1) is 0 Å². The van der Waals surface area contributed by atoms with Gasteiger partial charge in [0, 0.05) is 17.1 Å². The Morgan fingerprint density at radius 1 is 1.09 bits per heavy atom. The Labute approximate surface area is 135 Å². The molecule has 0 radical (unpaired) electrons. The van der Waals surface area contributed by atoms with E-state index in [9.17, 15) is 4.79 Å². The first-order chi connectivity index (χ1) is 11.3. The van der Waals surface area contributed by atoms with Gasteiger partial charge in [-0.05, 0) is 36.8 Å². The summed E-state index contributed by atoms with van der Waals surface area (Å²) in [5, 5.41) is 1.05. The highest BCUT2D eigenvalue weighted by Crippen LogP contribution is 2.22. The number of rotatable bonds is 6. The van der Waals surface area contributed by atoms with Crippen LogP contribution in [0.2, 0.25) is 0 Å². The number of hydrogen-bond acceptors (Lipinski definition) is 3. The van der Waals surface area contributed by atoms with E-state index in [-0.39, 0.29) is 12.5 Å². The monoisotopic (exact) mass is 309 g/mol. The standard InChI is InChI=1S/C19H19NO3/c1-2-22-17-8-9-18-16(12-17)10-11-20(18)13-19(21)23-14-15-6-4-3-5-7-15/h3-12H,2,13-14H2,1H3. The van der Waals surface area contributed by atoms with Crippen LogP contribution in [-0.2, 0) is 22.7 Å². The lowest BCUT2D eigenvalue weighted by Crippen LogP contribution is -2.12. The van der Waals surface area contributed by atoms with E-state index < -0.39 is 0 Å². The van der Waals surface area contributed by atoms with E-state index in [0.717, 1.165) is 22.2 Å². The summed E-state index contributed by atoms with van der Waals surface area (Å²) < 4.78 is 12.7. The molecule has 0 unspecified atom stereocenters. The number of nitrogens with zero attached hydrogens (tertiary/aromatic N) is 1. The number of carbonyl (C=O) groups is 1. The minimum Gasteiger partial charge on any atom is -0.494 e. The van der Waals surface area contributed by atoms with Gasteiger partial charge in [-0.25, -0.2) is 0 Å². The summed E-state index contributed by atoms with van der Waals surface area (Å²) in [5.41, 5.74) is 1.98. The van der Waals surface area contributed by atoms with Crippen molar-refractivity contribution >= 4 is 16.9 Å². The third-order valence-corrected chi connectivity index (χ3v) is 3.60. The maximum Gasteiger partial charge on any atom is 0.326 e. The van der Waals surface area contributed by atoms with Crippen LogP contribution >= 0.6 is 0 Å². The molecule has 2 aromatic carbocycles. The van der Waals surface area contributed by atoms with Crippen LogP contribution in [0.15, 0.2) is 60.8 Å². The summed E-state index contributed by atoms with van der Waals surface area (Å²) in [7, 11) is 0. The van der Waals surface area contributed by atoms with Crippen LogP contribution in [0.5, 0.6) is 5.75 Å². The third-order valence-electron chi connectivity index (χ3n) is 3.60. The summed E-state index contributed by atoms with van der Waals surface area (Å²) in [4.78, 5) is 12.0. The molecule has 0 saturated carbocycles. The van der Waals surface area contributed by atoms with E-state index in [1.54, 1.807) is 0 Å². The van der Waals surface area contributed by atoms with Crippen molar-refractivity contribution in [2.24, 2.45) is 0 Å². The van der Waals surface area contributed by atoms with Gasteiger partial charge >= 0.3 is 5.97 Å². The van der Waals surface area contributed by atoms with Crippen LogP contribution in [0.25, 0.3) is 10.9 Å². The number of hydrogen-bond donors (Lipinski definition) is 0. The highest BCUT2D eigenvalue weighted by molar-refractivity contribution is 5.83. The van der Waals surface area contributed by atoms with Crippen LogP contribution in [0.3, 0.4) is 0 Å². The van der Waals surface area contributed by atoms with Gasteiger partial charge in [0.2, 0.25) is 0 Å². The molecular formula is C19H19NO3. The molecule has 0 aliphatic carbocycles. The lowest BCUT2D eigenvalue weighted by molar-refractivity contribution is -0.145. The molecule has 0 N–H and O–H groups in total. The molecule has 1 aromatic heterocycles. The molecule has 4 nitrogen and oxygen atoms in total. The van der Waals surface area contributed by atoms with Crippen molar-refractivity contribution in [3.8, 4) is 5.75 Å². The van der Waals surface area contributed by atoms with Crippen molar-refractivity contribution < 1.29 is 14.3 Å². The first-order valence-electron chi connectivity index (χ1n) is 7.67. The fourth-order valence-electron chi connectivity index (χ4n) is 2.50. The number of carbonyl (C=O) groups excluding carboxylic acids is 1. The fourth-order valence-corrected chi connectivity index (χ4v) is 2.50. The summed E-state index contributed by atoms with van der Waals surface area (Å²) in [6.07, 6.45) is 1.89. The summed E-state index contributed by atoms with van der Waals surface area (Å²) in [5.74, 6) is 0.588. The number of ether oxygens (including phenoxy) is 2. The SMILES string of the molecule is CCOc1ccc2c(ccn2CC(=O)OCc2ccccc2)c1. The lowest BCUT2D eigenvalue weighted by atomic mass is 10.2. The zero-order valence-electron chi connectivity index (χ0n) is 13.1. The van der Waals surface area contributed by atoms with E-state index in [2.05, 4.69) is 0 Å². The maximum absolute atomic E-state index is 12.0. The van der Waals surface area contributed by atoms with E-state index in [0.29, 0.717) is 13.2 Å². The molecule has 4 heteroatoms. The van der Waals surface area contributed by atoms with E-state index in [1.165, 1.54) is 0 Å². The Morgan fingerprint density at radius 3 is 2.70 bits per heavy atom. The van der Waals surface area contributed by atoms with Crippen molar-refractivity contribution in [3.05, 3.63) is 66.4 Å². The van der Waals surface area contributed by atoms with Crippen LogP contribution < -0.4 is 4.74 Å². The summed E-state index contributed by atoms with van der Waals surface area (Å²) in [6, 6.07) is 17.5. The van der Waals surface area contributed by atoms with Gasteiger partial charge in [-0.3, -0.25) is 4.79 Å². The average molecular weight is 309 g/mol. The molecule has 23 heavy (non-hydrogen) atoms. The van der Waals surface area contributed by atoms with Gasteiger partial charge in [0.1, 0.15) is 18.9 Å². The Balaban J connectivity index is 1.65. The van der Waals surface area contributed by atoms with Gasteiger partial charge in [-0.2, -0.15) is 0 Å². The average Bonchev–Trinajstić information content (AvgIpc) is 2.96. The first-order valence-corrected chi connectivity index (χ1v) is 7.67. The second-order valence-corrected chi connectivity index (χ2v) is 5.24. The number of benzene rings is 2. The molecule has 0 saturated heterocycles. The molecule has 1 heterocycles. The van der Waals surface area contributed by atoms with Gasteiger partial charge in [-0.15, -0.1) is 0 Å². The highest BCUT2D eigenvalue weighted by Gasteiger charge is 2.08. The van der Waals surface area contributed by atoms with Crippen LogP contribution in [0.1, 0.15) is 12.5 Å². The van der Waals surface area contributed by atoms with Gasteiger partial charge in [0.25, 0.3) is 0 Å². The fraction of sp³-hybridized carbons (Fsp3) is 0.211. The number of aromatic nitrogens is 1. The molecule has 3 rings (SSSR count). The van der Waals surface area contributed by atoms with E-state index >= 15 is 0 Å². The summed E-state index contributed by atoms with van der Waals surface area (Å²) in [6.45, 7) is 3.09. The zero-order valence-corrected chi connectivity index (χ0v) is 13.1. The third kappa shape index (κ3) is 3.72. The minimum absolute atomic E-state index is 0.199. The lowest BCUT2D eigenvalue weighted by Gasteiger charge is -2.08. The molecule has 0 atom stereocenters. The molecule has 0 spiro atoms. The molecule has 0 fully saturated rings. The molecule has 118 valence electrons. The molecule has 0 amide bonds. The van der Waals surface area contributed by atoms with E-state index in [4.69, 9.17) is 9.47 Å². The van der Waals surface area contributed by atoms with Gasteiger partial charge in [-0.1, -0.05) is 30.3 Å². The second-order valence-electron chi connectivity index (χ2n) is 5.24. The van der Waals surface area contributed by atoms with Crippen molar-refractivity contribution in [1.82, 2.24) is 4.57 Å². The second kappa shape index (κ2) is 7.01. The smallest absolute Gasteiger partial charge is 0.326 e. The minimum atomic E-state index is -0.250. The zero-order chi connectivity index (χ0) is 16.1. The van der Waals surface area contributed by atoms with Crippen LogP contribution in [0.4, 0.5) is 0 Å². The molecule has 3 aromatic rings. The van der Waals surface area contributed by atoms with Crippen molar-refractivity contribution in [1.29, 1.82) is 0 Å². The van der Waals surface area contributed by atoms with Crippen molar-refractivity contribution in [3.63, 3.8) is 0 Å². The first kappa shape index (κ1) is 15.2. The topological polar surface area (TPSA) is 40.5 Å². The predicted molar refractivity (Wildman–Crippen MR) is 89.3 cm³/mol. The summed E-state index contributed by atoms with van der Waals surface area (Å²) >= 11 is 0. The van der Waals surface area contributed by atoms with Crippen molar-refractivity contribution in [2.45, 2.75) is 20.1 Å². The Kier molecular flexibility index (Phi) is 4.62. The number of fused-ring (bicyclic) bond motifs is 1. The molecule has 0 bridgehead atoms. The van der Waals surface area contributed by atoms with Gasteiger partial charge < -0.3 is 14.0 Å². The molecule has 0 aliphatic heterocycles. The number of esters is 1. The van der Waals surface area contributed by atoms with Gasteiger partial charge in [0.15, 0.2) is 0 Å². The largest absolute Gasteiger partial charge is 0.494 e. The molecular weight excluding hydrogens is 290 g/mol. The normalized spacial score (nSPS) is 10.7. The Hall–Kier alpha value is -2.75. The van der Waals surface area contributed by atoms with E-state index in [1.807, 2.05) is 72.3 Å².